The van der Waals surface area contributed by atoms with Gasteiger partial charge in [-0.2, -0.15) is 13.2 Å². The number of alkyl halides is 3. The van der Waals surface area contributed by atoms with E-state index >= 15 is 0 Å². The molecule has 1 unspecified atom stereocenters. The van der Waals surface area contributed by atoms with Gasteiger partial charge in [0, 0.05) is 13.1 Å². The van der Waals surface area contributed by atoms with Crippen LogP contribution in [0.3, 0.4) is 0 Å². The summed E-state index contributed by atoms with van der Waals surface area (Å²) >= 11 is 0. The normalized spacial score (nSPS) is 15.8. The summed E-state index contributed by atoms with van der Waals surface area (Å²) < 4.78 is 40.0. The van der Waals surface area contributed by atoms with Crippen molar-refractivity contribution in [2.24, 2.45) is 5.92 Å². The summed E-state index contributed by atoms with van der Waals surface area (Å²) in [5, 5.41) is 2.37. The monoisotopic (exact) mass is 461 g/mol. The summed E-state index contributed by atoms with van der Waals surface area (Å²) in [7, 11) is 0. The van der Waals surface area contributed by atoms with Crippen molar-refractivity contribution in [1.29, 1.82) is 0 Å². The van der Waals surface area contributed by atoms with Crippen LogP contribution in [0.5, 0.6) is 0 Å². The van der Waals surface area contributed by atoms with Crippen molar-refractivity contribution in [1.82, 2.24) is 9.80 Å². The van der Waals surface area contributed by atoms with E-state index in [0.29, 0.717) is 13.0 Å². The van der Waals surface area contributed by atoms with Gasteiger partial charge in [0.1, 0.15) is 6.54 Å². The van der Waals surface area contributed by atoms with Gasteiger partial charge in [-0.15, -0.1) is 0 Å². The second-order valence-electron chi connectivity index (χ2n) is 8.79. The molecular formula is C25H30F3N3O2. The lowest BCUT2D eigenvalue weighted by atomic mass is 9.93. The summed E-state index contributed by atoms with van der Waals surface area (Å²) in [6.45, 7) is 6.53. The predicted octanol–water partition coefficient (Wildman–Crippen LogP) is 5.73. The largest absolute Gasteiger partial charge is 0.418 e. The maximum absolute atomic E-state index is 13.3. The molecule has 2 aromatic rings. The Morgan fingerprint density at radius 3 is 2.48 bits per heavy atom. The van der Waals surface area contributed by atoms with Crippen molar-refractivity contribution in [2.45, 2.75) is 45.8 Å². The van der Waals surface area contributed by atoms with Gasteiger partial charge in [0.05, 0.1) is 17.3 Å². The molecule has 0 saturated carbocycles. The van der Waals surface area contributed by atoms with Crippen LogP contribution in [0.2, 0.25) is 0 Å². The Kier molecular flexibility index (Phi) is 7.66. The molecule has 1 aliphatic heterocycles. The van der Waals surface area contributed by atoms with E-state index in [9.17, 15) is 22.8 Å². The second-order valence-corrected chi connectivity index (χ2v) is 8.79. The number of hydrogen-bond acceptors (Lipinski definition) is 2. The molecule has 5 nitrogen and oxygen atoms in total. The molecule has 33 heavy (non-hydrogen) atoms. The zero-order valence-electron chi connectivity index (χ0n) is 19.2. The van der Waals surface area contributed by atoms with Crippen LogP contribution in [0.4, 0.5) is 23.7 Å². The Morgan fingerprint density at radius 2 is 1.79 bits per heavy atom. The number of carbonyl (C=O) groups is 2. The summed E-state index contributed by atoms with van der Waals surface area (Å²) in [6, 6.07) is 11.9. The Hall–Kier alpha value is -3.03. The Balaban J connectivity index is 1.76. The number of fused-ring (bicyclic) bond motifs is 1. The van der Waals surface area contributed by atoms with Crippen LogP contribution in [0.1, 0.15) is 49.9 Å². The SMILES string of the molecule is CC(C)CCN(CC(=O)N1CCc2ccccc2C1C)C(=O)Nc1ccccc1C(F)(F)F. The van der Waals surface area contributed by atoms with Gasteiger partial charge < -0.3 is 15.1 Å². The zero-order chi connectivity index (χ0) is 24.2. The third-order valence-electron chi connectivity index (χ3n) is 5.98. The number of hydrogen-bond donors (Lipinski definition) is 1. The fourth-order valence-corrected chi connectivity index (χ4v) is 4.07. The summed E-state index contributed by atoms with van der Waals surface area (Å²) in [5.41, 5.74) is 1.04. The summed E-state index contributed by atoms with van der Waals surface area (Å²) in [4.78, 5) is 29.2. The van der Waals surface area contributed by atoms with Crippen molar-refractivity contribution >= 4 is 17.6 Å². The van der Waals surface area contributed by atoms with Crippen molar-refractivity contribution in [3.05, 3.63) is 65.2 Å². The average molecular weight is 462 g/mol. The summed E-state index contributed by atoms with van der Waals surface area (Å²) in [5.74, 6) is 0.0404. The standard InChI is InChI=1S/C25H30F3N3O2/c1-17(2)12-14-30(24(33)29-22-11-7-6-10-21(22)25(26,27)28)16-23(32)31-15-13-19-8-4-5-9-20(19)18(31)3/h4-11,17-18H,12-16H2,1-3H3,(H,29,33). The van der Waals surface area contributed by atoms with Crippen molar-refractivity contribution in [3.63, 3.8) is 0 Å². The number of anilines is 1. The van der Waals surface area contributed by atoms with E-state index < -0.39 is 17.8 Å². The first kappa shape index (κ1) is 24.6. The third kappa shape index (κ3) is 6.06. The molecule has 1 atom stereocenters. The molecule has 0 aliphatic carbocycles. The van der Waals surface area contributed by atoms with E-state index in [1.807, 2.05) is 45.0 Å². The highest BCUT2D eigenvalue weighted by molar-refractivity contribution is 5.93. The maximum atomic E-state index is 13.3. The van der Waals surface area contributed by atoms with Crippen LogP contribution in [-0.4, -0.2) is 41.4 Å². The second kappa shape index (κ2) is 10.3. The number of para-hydroxylation sites is 1. The fourth-order valence-electron chi connectivity index (χ4n) is 4.07. The smallest absolute Gasteiger partial charge is 0.334 e. The molecule has 0 spiro atoms. The minimum absolute atomic E-state index is 0.136. The van der Waals surface area contributed by atoms with Crippen LogP contribution in [-0.2, 0) is 17.4 Å². The number of carbonyl (C=O) groups excluding carboxylic acids is 2. The van der Waals surface area contributed by atoms with Crippen molar-refractivity contribution in [3.8, 4) is 0 Å². The van der Waals surface area contributed by atoms with Gasteiger partial charge in [-0.25, -0.2) is 4.79 Å². The molecule has 1 heterocycles. The highest BCUT2D eigenvalue weighted by Crippen LogP contribution is 2.35. The lowest BCUT2D eigenvalue weighted by molar-refractivity contribution is -0.137. The predicted molar refractivity (Wildman–Crippen MR) is 122 cm³/mol. The van der Waals surface area contributed by atoms with E-state index in [1.54, 1.807) is 4.90 Å². The molecule has 2 aromatic carbocycles. The summed E-state index contributed by atoms with van der Waals surface area (Å²) in [6.07, 6.45) is -3.25. The molecule has 3 amide bonds. The highest BCUT2D eigenvalue weighted by Gasteiger charge is 2.34. The maximum Gasteiger partial charge on any atom is 0.418 e. The lowest BCUT2D eigenvalue weighted by Gasteiger charge is -2.36. The van der Waals surface area contributed by atoms with Crippen LogP contribution in [0.25, 0.3) is 0 Å². The molecule has 8 heteroatoms. The van der Waals surface area contributed by atoms with Crippen LogP contribution >= 0.6 is 0 Å². The van der Waals surface area contributed by atoms with Crippen LogP contribution < -0.4 is 5.32 Å². The number of nitrogens with one attached hydrogen (secondary N) is 1. The highest BCUT2D eigenvalue weighted by atomic mass is 19.4. The Morgan fingerprint density at radius 1 is 1.12 bits per heavy atom. The molecule has 0 fully saturated rings. The molecular weight excluding hydrogens is 431 g/mol. The average Bonchev–Trinajstić information content (AvgIpc) is 2.76. The molecule has 0 bridgehead atoms. The van der Waals surface area contributed by atoms with Gasteiger partial charge >= 0.3 is 12.2 Å². The minimum Gasteiger partial charge on any atom is -0.334 e. The van der Waals surface area contributed by atoms with E-state index in [2.05, 4.69) is 5.32 Å². The first-order chi connectivity index (χ1) is 15.6. The Bertz CT molecular complexity index is 991. The van der Waals surface area contributed by atoms with Gasteiger partial charge in [-0.1, -0.05) is 50.2 Å². The number of halogens is 3. The van der Waals surface area contributed by atoms with Crippen LogP contribution in [0, 0.1) is 5.92 Å². The van der Waals surface area contributed by atoms with E-state index in [1.165, 1.54) is 28.7 Å². The number of urea groups is 1. The zero-order valence-corrected chi connectivity index (χ0v) is 19.2. The molecule has 3 rings (SSSR count). The van der Waals surface area contributed by atoms with Gasteiger partial charge in [-0.3, -0.25) is 4.79 Å². The first-order valence-electron chi connectivity index (χ1n) is 11.2. The van der Waals surface area contributed by atoms with E-state index in [4.69, 9.17) is 0 Å². The fraction of sp³-hybridized carbons (Fsp3) is 0.440. The van der Waals surface area contributed by atoms with Crippen molar-refractivity contribution < 1.29 is 22.8 Å². The molecule has 178 valence electrons. The molecule has 0 radical (unpaired) electrons. The number of amides is 3. The third-order valence-corrected chi connectivity index (χ3v) is 5.98. The molecule has 1 N–H and O–H groups in total. The number of rotatable bonds is 6. The van der Waals surface area contributed by atoms with E-state index in [0.717, 1.165) is 18.1 Å². The number of nitrogens with zero attached hydrogens (tertiary/aromatic N) is 2. The van der Waals surface area contributed by atoms with Gasteiger partial charge in [0.2, 0.25) is 5.91 Å². The Labute approximate surface area is 192 Å². The molecule has 0 aromatic heterocycles. The topological polar surface area (TPSA) is 52.7 Å². The van der Waals surface area contributed by atoms with Gasteiger partial charge in [0.15, 0.2) is 0 Å². The van der Waals surface area contributed by atoms with Crippen LogP contribution in [0.15, 0.2) is 48.5 Å². The quantitative estimate of drug-likeness (QED) is 0.597. The van der Waals surface area contributed by atoms with Gasteiger partial charge in [-0.05, 0) is 48.9 Å². The minimum atomic E-state index is -4.60. The van der Waals surface area contributed by atoms with E-state index in [-0.39, 0.29) is 36.6 Å². The van der Waals surface area contributed by atoms with Gasteiger partial charge in [0.25, 0.3) is 0 Å². The number of benzene rings is 2. The first-order valence-corrected chi connectivity index (χ1v) is 11.2. The lowest BCUT2D eigenvalue weighted by Crippen LogP contribution is -2.47. The van der Waals surface area contributed by atoms with Crippen molar-refractivity contribution in [2.75, 3.05) is 25.0 Å². The molecule has 1 aliphatic rings. The molecule has 0 saturated heterocycles.